The summed E-state index contributed by atoms with van der Waals surface area (Å²) in [5.41, 5.74) is 3.42. The Balaban J connectivity index is 1.64. The van der Waals surface area contributed by atoms with Crippen LogP contribution in [0.25, 0.3) is 0 Å². The fourth-order valence-corrected chi connectivity index (χ4v) is 2.49. The highest BCUT2D eigenvalue weighted by molar-refractivity contribution is 5.92. The average molecular weight is 332 g/mol. The summed E-state index contributed by atoms with van der Waals surface area (Å²) >= 11 is 0. The van der Waals surface area contributed by atoms with E-state index in [1.807, 2.05) is 68.4 Å². The Morgan fingerprint density at radius 3 is 2.44 bits per heavy atom. The Labute approximate surface area is 147 Å². The van der Waals surface area contributed by atoms with Crippen LogP contribution in [0.5, 0.6) is 0 Å². The Hall–Kier alpha value is -3.21. The van der Waals surface area contributed by atoms with Gasteiger partial charge >= 0.3 is 0 Å². The normalized spacial score (nSPS) is 11.6. The van der Waals surface area contributed by atoms with Crippen LogP contribution in [0.3, 0.4) is 0 Å². The maximum Gasteiger partial charge on any atom is 0.272 e. The van der Waals surface area contributed by atoms with E-state index >= 15 is 0 Å². The molecule has 0 aliphatic rings. The third kappa shape index (κ3) is 4.41. The van der Waals surface area contributed by atoms with Crippen LogP contribution in [-0.2, 0) is 0 Å². The highest BCUT2D eigenvalue weighted by Gasteiger charge is 2.13. The third-order valence-corrected chi connectivity index (χ3v) is 3.83. The molecule has 2 N–H and O–H groups in total. The van der Waals surface area contributed by atoms with E-state index in [9.17, 15) is 4.79 Å². The van der Waals surface area contributed by atoms with Gasteiger partial charge in [-0.05, 0) is 49.2 Å². The van der Waals surface area contributed by atoms with Gasteiger partial charge in [-0.15, -0.1) is 10.2 Å². The van der Waals surface area contributed by atoms with E-state index in [-0.39, 0.29) is 17.6 Å². The summed E-state index contributed by atoms with van der Waals surface area (Å²) < 4.78 is 0. The molecule has 0 fully saturated rings. The molecule has 0 spiro atoms. The average Bonchev–Trinajstić information content (AvgIpc) is 2.63. The molecule has 3 rings (SSSR count). The van der Waals surface area contributed by atoms with Crippen LogP contribution in [0.4, 0.5) is 11.5 Å². The number of anilines is 2. The standard InChI is InChI=1S/C20H20N4O/c1-14-7-6-10-17(13-14)22-19-12-11-18(23-24-19)20(25)21-15(2)16-8-4-3-5-9-16/h3-13,15H,1-2H3,(H,21,25)(H,22,24). The molecule has 0 aliphatic carbocycles. The van der Waals surface area contributed by atoms with E-state index in [0.717, 1.165) is 16.8 Å². The Bertz CT molecular complexity index is 847. The molecule has 5 heteroatoms. The predicted molar refractivity (Wildman–Crippen MR) is 98.8 cm³/mol. The lowest BCUT2D eigenvalue weighted by Gasteiger charge is -2.13. The zero-order valence-corrected chi connectivity index (χ0v) is 14.2. The minimum Gasteiger partial charge on any atom is -0.344 e. The van der Waals surface area contributed by atoms with Gasteiger partial charge in [-0.25, -0.2) is 0 Å². The number of carbonyl (C=O) groups is 1. The van der Waals surface area contributed by atoms with Crippen LogP contribution in [-0.4, -0.2) is 16.1 Å². The van der Waals surface area contributed by atoms with Gasteiger partial charge in [0.05, 0.1) is 6.04 Å². The number of aromatic nitrogens is 2. The molecule has 0 saturated carbocycles. The van der Waals surface area contributed by atoms with E-state index in [0.29, 0.717) is 5.82 Å². The molecule has 1 heterocycles. The lowest BCUT2D eigenvalue weighted by Crippen LogP contribution is -2.27. The number of benzene rings is 2. The van der Waals surface area contributed by atoms with Crippen molar-refractivity contribution < 1.29 is 4.79 Å². The second kappa shape index (κ2) is 7.57. The van der Waals surface area contributed by atoms with E-state index in [1.165, 1.54) is 0 Å². The minimum atomic E-state index is -0.244. The summed E-state index contributed by atoms with van der Waals surface area (Å²) in [6, 6.07) is 21.1. The molecule has 3 aromatic rings. The van der Waals surface area contributed by atoms with Gasteiger partial charge in [-0.1, -0.05) is 42.5 Å². The number of rotatable bonds is 5. The van der Waals surface area contributed by atoms with Gasteiger partial charge in [-0.2, -0.15) is 0 Å². The number of nitrogens with one attached hydrogen (secondary N) is 2. The number of hydrogen-bond acceptors (Lipinski definition) is 4. The van der Waals surface area contributed by atoms with Gasteiger partial charge in [0.15, 0.2) is 11.5 Å². The number of amides is 1. The van der Waals surface area contributed by atoms with E-state index in [2.05, 4.69) is 20.8 Å². The first kappa shape index (κ1) is 16.6. The predicted octanol–water partition coefficient (Wildman–Crippen LogP) is 4.02. The summed E-state index contributed by atoms with van der Waals surface area (Å²) in [6.45, 7) is 3.96. The van der Waals surface area contributed by atoms with Gasteiger partial charge in [0.25, 0.3) is 5.91 Å². The maximum absolute atomic E-state index is 12.3. The molecule has 1 unspecified atom stereocenters. The Morgan fingerprint density at radius 2 is 1.76 bits per heavy atom. The summed E-state index contributed by atoms with van der Waals surface area (Å²) in [6.07, 6.45) is 0. The molecule has 1 amide bonds. The number of aryl methyl sites for hydroxylation is 1. The highest BCUT2D eigenvalue weighted by Crippen LogP contribution is 2.16. The van der Waals surface area contributed by atoms with Crippen LogP contribution in [0.1, 0.15) is 34.6 Å². The van der Waals surface area contributed by atoms with Crippen LogP contribution in [0, 0.1) is 6.92 Å². The Morgan fingerprint density at radius 1 is 0.960 bits per heavy atom. The number of nitrogens with zero attached hydrogens (tertiary/aromatic N) is 2. The summed E-state index contributed by atoms with van der Waals surface area (Å²) in [5, 5.41) is 14.2. The van der Waals surface area contributed by atoms with Crippen LogP contribution < -0.4 is 10.6 Å². The lowest BCUT2D eigenvalue weighted by atomic mass is 10.1. The van der Waals surface area contributed by atoms with Gasteiger partial charge in [-0.3, -0.25) is 4.79 Å². The second-order valence-corrected chi connectivity index (χ2v) is 5.90. The van der Waals surface area contributed by atoms with Crippen LogP contribution in [0.2, 0.25) is 0 Å². The highest BCUT2D eigenvalue weighted by atomic mass is 16.2. The van der Waals surface area contributed by atoms with Crippen molar-refractivity contribution in [2.45, 2.75) is 19.9 Å². The van der Waals surface area contributed by atoms with E-state index in [4.69, 9.17) is 0 Å². The van der Waals surface area contributed by atoms with Crippen molar-refractivity contribution in [3.05, 3.63) is 83.6 Å². The summed E-state index contributed by atoms with van der Waals surface area (Å²) in [4.78, 5) is 12.3. The maximum atomic E-state index is 12.3. The van der Waals surface area contributed by atoms with Crippen LogP contribution >= 0.6 is 0 Å². The second-order valence-electron chi connectivity index (χ2n) is 5.90. The Kier molecular flexibility index (Phi) is 5.04. The lowest BCUT2D eigenvalue weighted by molar-refractivity contribution is 0.0934. The molecule has 126 valence electrons. The number of hydrogen-bond donors (Lipinski definition) is 2. The fourth-order valence-electron chi connectivity index (χ4n) is 2.49. The van der Waals surface area contributed by atoms with Crippen molar-refractivity contribution in [2.24, 2.45) is 0 Å². The first-order valence-corrected chi connectivity index (χ1v) is 8.15. The van der Waals surface area contributed by atoms with Gasteiger partial charge in [0.1, 0.15) is 0 Å². The molecule has 0 bridgehead atoms. The molecule has 25 heavy (non-hydrogen) atoms. The molecule has 0 radical (unpaired) electrons. The summed E-state index contributed by atoms with van der Waals surface area (Å²) in [7, 11) is 0. The van der Waals surface area contributed by atoms with Gasteiger partial charge in [0, 0.05) is 5.69 Å². The van der Waals surface area contributed by atoms with Crippen LogP contribution in [0.15, 0.2) is 66.7 Å². The summed E-state index contributed by atoms with van der Waals surface area (Å²) in [5.74, 6) is 0.351. The zero-order valence-electron chi connectivity index (χ0n) is 14.2. The van der Waals surface area contributed by atoms with Crippen molar-refractivity contribution in [2.75, 3.05) is 5.32 Å². The molecular formula is C20H20N4O. The smallest absolute Gasteiger partial charge is 0.272 e. The van der Waals surface area contributed by atoms with Crippen molar-refractivity contribution in [3.8, 4) is 0 Å². The first-order chi connectivity index (χ1) is 12.1. The molecule has 0 saturated heterocycles. The largest absolute Gasteiger partial charge is 0.344 e. The van der Waals surface area contributed by atoms with Gasteiger partial charge in [0.2, 0.25) is 0 Å². The third-order valence-electron chi connectivity index (χ3n) is 3.83. The van der Waals surface area contributed by atoms with Gasteiger partial charge < -0.3 is 10.6 Å². The van der Waals surface area contributed by atoms with E-state index < -0.39 is 0 Å². The molecule has 5 nitrogen and oxygen atoms in total. The number of carbonyl (C=O) groups excluding carboxylic acids is 1. The van der Waals surface area contributed by atoms with Crippen molar-refractivity contribution >= 4 is 17.4 Å². The zero-order chi connectivity index (χ0) is 17.6. The minimum absolute atomic E-state index is 0.0967. The quantitative estimate of drug-likeness (QED) is 0.740. The molecular weight excluding hydrogens is 312 g/mol. The van der Waals surface area contributed by atoms with Crippen molar-refractivity contribution in [3.63, 3.8) is 0 Å². The van der Waals surface area contributed by atoms with Crippen molar-refractivity contribution in [1.29, 1.82) is 0 Å². The molecule has 1 atom stereocenters. The molecule has 1 aromatic heterocycles. The topological polar surface area (TPSA) is 66.9 Å². The first-order valence-electron chi connectivity index (χ1n) is 8.15. The van der Waals surface area contributed by atoms with Crippen molar-refractivity contribution in [1.82, 2.24) is 15.5 Å². The van der Waals surface area contributed by atoms with E-state index in [1.54, 1.807) is 12.1 Å². The molecule has 0 aliphatic heterocycles. The monoisotopic (exact) mass is 332 g/mol. The fraction of sp³-hybridized carbons (Fsp3) is 0.150. The SMILES string of the molecule is Cc1cccc(Nc2ccc(C(=O)NC(C)c3ccccc3)nn2)c1. The molecule has 2 aromatic carbocycles.